The largest absolute Gasteiger partial charge is 0.595 e. The van der Waals surface area contributed by atoms with E-state index in [1.54, 1.807) is 20.8 Å². The third kappa shape index (κ3) is 5.21. The quantitative estimate of drug-likeness (QED) is 0.425. The van der Waals surface area contributed by atoms with Crippen LogP contribution in [0.15, 0.2) is 33.7 Å². The number of aromatic carboxylic acids is 1. The van der Waals surface area contributed by atoms with Crippen molar-refractivity contribution in [1.82, 2.24) is 9.97 Å². The fourth-order valence-corrected chi connectivity index (χ4v) is 3.09. The number of hydrogen-bond donors (Lipinski definition) is 1. The highest BCUT2D eigenvalue weighted by molar-refractivity contribution is 5.97. The van der Waals surface area contributed by atoms with Crippen LogP contribution < -0.4 is 9.84 Å². The molecule has 12 heteroatoms. The van der Waals surface area contributed by atoms with E-state index < -0.39 is 41.3 Å². The van der Waals surface area contributed by atoms with Gasteiger partial charge >= 0.3 is 12.1 Å². The van der Waals surface area contributed by atoms with Crippen LogP contribution in [0.25, 0.3) is 22.4 Å². The van der Waals surface area contributed by atoms with Crippen molar-refractivity contribution in [2.24, 2.45) is 4.99 Å². The van der Waals surface area contributed by atoms with Gasteiger partial charge in [-0.05, 0) is 31.2 Å². The van der Waals surface area contributed by atoms with Gasteiger partial charge in [0.05, 0.1) is 7.11 Å². The molecule has 2 aromatic heterocycles. The number of methoxy groups -OCH3 is 1. The van der Waals surface area contributed by atoms with E-state index in [0.717, 1.165) is 6.07 Å². The summed E-state index contributed by atoms with van der Waals surface area (Å²) >= 11 is 0. The Morgan fingerprint density at radius 2 is 1.85 bits per heavy atom. The second-order valence-electron chi connectivity index (χ2n) is 8.23. The fourth-order valence-electron chi connectivity index (χ4n) is 3.09. The lowest BCUT2D eigenvalue weighted by Crippen LogP contribution is -2.32. The van der Waals surface area contributed by atoms with E-state index in [2.05, 4.69) is 15.0 Å². The molecule has 0 spiro atoms. The standard InChI is InChI=1S/C22H22F3N3O6/c1-10(26-20(31)34-21(2,3)4)17-16(19(29)30)28-18(33-17)12-6-8-13(32-5)15-11(12)7-9-14(27-15)22(23,24)25/h6-10H,1-5H3,(H,26,31)(H,29,30)/p-1/t10-/m0/s1. The van der Waals surface area contributed by atoms with E-state index in [4.69, 9.17) is 13.9 Å². The Morgan fingerprint density at radius 3 is 2.41 bits per heavy atom. The summed E-state index contributed by atoms with van der Waals surface area (Å²) in [5.41, 5.74) is -2.38. The van der Waals surface area contributed by atoms with Crippen molar-refractivity contribution in [2.45, 2.75) is 45.5 Å². The number of carboxylic acids is 1. The summed E-state index contributed by atoms with van der Waals surface area (Å²) in [6.45, 7) is 6.36. The molecule has 0 unspecified atom stereocenters. The Labute approximate surface area is 191 Å². The molecule has 34 heavy (non-hydrogen) atoms. The van der Waals surface area contributed by atoms with Crippen LogP contribution in [-0.2, 0) is 10.9 Å². The number of fused-ring (bicyclic) bond motifs is 1. The minimum Gasteiger partial charge on any atom is -0.595 e. The predicted octanol–water partition coefficient (Wildman–Crippen LogP) is 4.21. The highest BCUT2D eigenvalue weighted by atomic mass is 19.4. The molecule has 182 valence electrons. The van der Waals surface area contributed by atoms with Gasteiger partial charge in [-0.3, -0.25) is 4.99 Å². The summed E-state index contributed by atoms with van der Waals surface area (Å²) in [7, 11) is 1.28. The number of benzene rings is 1. The summed E-state index contributed by atoms with van der Waals surface area (Å²) in [6.07, 6.45) is -5.60. The zero-order chi connectivity index (χ0) is 25.4. The number of oxazole rings is 1. The number of carboxylic acid groups (broad SMARTS) is 1. The van der Waals surface area contributed by atoms with Crippen molar-refractivity contribution in [1.29, 1.82) is 0 Å². The average molecular weight is 480 g/mol. The number of alkyl halides is 3. The van der Waals surface area contributed by atoms with Gasteiger partial charge in [0.25, 0.3) is 0 Å². The molecule has 0 aliphatic carbocycles. The molecular formula is C22H21F3N3O6-. The number of hydrogen-bond acceptors (Lipinski definition) is 8. The first-order chi connectivity index (χ1) is 15.7. The summed E-state index contributed by atoms with van der Waals surface area (Å²) in [6, 6.07) is 3.70. The molecule has 1 atom stereocenters. The van der Waals surface area contributed by atoms with Crippen molar-refractivity contribution in [2.75, 3.05) is 7.11 Å². The van der Waals surface area contributed by atoms with Gasteiger partial charge in [0.2, 0.25) is 5.89 Å². The van der Waals surface area contributed by atoms with Gasteiger partial charge in [0, 0.05) is 16.6 Å². The third-order valence-electron chi connectivity index (χ3n) is 4.49. The summed E-state index contributed by atoms with van der Waals surface area (Å²) < 4.78 is 55.4. The molecule has 0 bridgehead atoms. The van der Waals surface area contributed by atoms with Crippen LogP contribution in [0.3, 0.4) is 0 Å². The first-order valence-corrected chi connectivity index (χ1v) is 9.94. The van der Waals surface area contributed by atoms with Crippen molar-refractivity contribution >= 4 is 23.0 Å². The van der Waals surface area contributed by atoms with Gasteiger partial charge in [-0.25, -0.2) is 14.8 Å². The average Bonchev–Trinajstić information content (AvgIpc) is 3.16. The van der Waals surface area contributed by atoms with Crippen LogP contribution in [-0.4, -0.2) is 39.8 Å². The summed E-state index contributed by atoms with van der Waals surface area (Å²) in [5.74, 6) is -1.79. The number of pyridine rings is 1. The molecule has 3 aromatic rings. The van der Waals surface area contributed by atoms with Gasteiger partial charge < -0.3 is 24.1 Å². The molecule has 0 saturated heterocycles. The predicted molar refractivity (Wildman–Crippen MR) is 112 cm³/mol. The van der Waals surface area contributed by atoms with Crippen molar-refractivity contribution in [3.8, 4) is 17.2 Å². The van der Waals surface area contributed by atoms with E-state index in [1.807, 2.05) is 0 Å². The molecule has 1 N–H and O–H groups in total. The maximum Gasteiger partial charge on any atom is 0.433 e. The number of halogens is 3. The molecular weight excluding hydrogens is 459 g/mol. The minimum atomic E-state index is -4.68. The van der Waals surface area contributed by atoms with Crippen molar-refractivity contribution < 1.29 is 42.1 Å². The Balaban J connectivity index is 2.15. The SMILES string of the molecule is COc1ccc(-c2nc(C(=O)O)c([C@H](C)N=C([O-])OC(C)(C)C)o2)c2ccc(C(F)(F)F)nc12. The Bertz CT molecular complexity index is 1260. The summed E-state index contributed by atoms with van der Waals surface area (Å²) in [4.78, 5) is 23.2. The van der Waals surface area contributed by atoms with Gasteiger partial charge in [0.15, 0.2) is 11.5 Å². The van der Waals surface area contributed by atoms with Crippen molar-refractivity contribution in [3.05, 3.63) is 41.4 Å². The normalized spacial score (nSPS) is 13.7. The minimum absolute atomic E-state index is 0.0726. The Kier molecular flexibility index (Phi) is 6.45. The molecule has 9 nitrogen and oxygen atoms in total. The van der Waals surface area contributed by atoms with E-state index in [-0.39, 0.29) is 33.9 Å². The van der Waals surface area contributed by atoms with Crippen LogP contribution in [0.2, 0.25) is 0 Å². The first-order valence-electron chi connectivity index (χ1n) is 9.94. The maximum atomic E-state index is 13.2. The van der Waals surface area contributed by atoms with Gasteiger partial charge in [-0.1, -0.05) is 20.8 Å². The molecule has 3 rings (SSSR count). The maximum absolute atomic E-state index is 13.2. The molecule has 0 fully saturated rings. The number of carbonyl (C=O) groups is 1. The molecule has 0 aliphatic rings. The number of aliphatic imine (C=N–C) groups is 1. The van der Waals surface area contributed by atoms with E-state index in [0.29, 0.717) is 0 Å². The summed E-state index contributed by atoms with van der Waals surface area (Å²) in [5, 5.41) is 21.8. The first kappa shape index (κ1) is 24.8. The zero-order valence-electron chi connectivity index (χ0n) is 18.9. The molecule has 0 aliphatic heterocycles. The number of nitrogens with zero attached hydrogens (tertiary/aromatic N) is 3. The smallest absolute Gasteiger partial charge is 0.433 e. The van der Waals surface area contributed by atoms with Crippen molar-refractivity contribution in [3.63, 3.8) is 0 Å². The number of aromatic nitrogens is 2. The second kappa shape index (κ2) is 8.84. The molecule has 0 saturated carbocycles. The fraction of sp³-hybridized carbons (Fsp3) is 0.364. The lowest BCUT2D eigenvalue weighted by molar-refractivity contribution is -0.261. The van der Waals surface area contributed by atoms with Crippen LogP contribution in [0.5, 0.6) is 5.75 Å². The molecule has 1 aromatic carbocycles. The third-order valence-corrected chi connectivity index (χ3v) is 4.49. The van der Waals surface area contributed by atoms with Crippen LogP contribution in [0, 0.1) is 0 Å². The van der Waals surface area contributed by atoms with E-state index >= 15 is 0 Å². The monoisotopic (exact) mass is 480 g/mol. The van der Waals surface area contributed by atoms with Crippen LogP contribution in [0.1, 0.15) is 55.7 Å². The Hall–Kier alpha value is -3.83. The molecule has 2 heterocycles. The van der Waals surface area contributed by atoms with Gasteiger partial charge in [0.1, 0.15) is 29.1 Å². The van der Waals surface area contributed by atoms with Crippen LogP contribution in [0.4, 0.5) is 13.2 Å². The highest BCUT2D eigenvalue weighted by Crippen LogP contribution is 2.37. The lowest BCUT2D eigenvalue weighted by atomic mass is 10.1. The Morgan fingerprint density at radius 1 is 1.18 bits per heavy atom. The lowest BCUT2D eigenvalue weighted by Gasteiger charge is -2.29. The number of ether oxygens (including phenoxy) is 2. The van der Waals surface area contributed by atoms with E-state index in [1.165, 1.54) is 32.2 Å². The zero-order valence-corrected chi connectivity index (χ0v) is 18.9. The van der Waals surface area contributed by atoms with Gasteiger partial charge in [-0.2, -0.15) is 13.2 Å². The van der Waals surface area contributed by atoms with Crippen LogP contribution >= 0.6 is 0 Å². The van der Waals surface area contributed by atoms with E-state index in [9.17, 15) is 28.2 Å². The highest BCUT2D eigenvalue weighted by Gasteiger charge is 2.33. The number of rotatable bonds is 5. The topological polar surface area (TPSA) is 130 Å². The molecule has 0 amide bonds. The second-order valence-corrected chi connectivity index (χ2v) is 8.23. The molecule has 0 radical (unpaired) electrons. The van der Waals surface area contributed by atoms with Gasteiger partial charge in [-0.15, -0.1) is 0 Å².